The fourth-order valence-corrected chi connectivity index (χ4v) is 2.63. The predicted molar refractivity (Wildman–Crippen MR) is 85.0 cm³/mol. The summed E-state index contributed by atoms with van der Waals surface area (Å²) in [5.41, 5.74) is 1.80. The molecule has 0 bridgehead atoms. The highest BCUT2D eigenvalue weighted by molar-refractivity contribution is 9.10. The molecule has 0 spiro atoms. The lowest BCUT2D eigenvalue weighted by molar-refractivity contribution is 0.803. The van der Waals surface area contributed by atoms with E-state index in [1.165, 1.54) is 0 Å². The number of nitrogens with zero attached hydrogens (tertiary/aromatic N) is 3. The SMILES string of the molecule is C=CCn1cc(Br)cc2nc(-c3ccc(Cl)cc3)nc1-2. The standard InChI is InChI=1S/C15H11BrClN3/c1-2-7-20-9-11(16)8-13-15(20)19-14(18-13)10-3-5-12(17)6-4-10/h2-6,8-9H,1,7H2. The molecule has 0 unspecified atom stereocenters. The van der Waals surface area contributed by atoms with Crippen LogP contribution < -0.4 is 0 Å². The molecule has 0 aromatic heterocycles. The van der Waals surface area contributed by atoms with Gasteiger partial charge in [-0.05, 0) is 46.3 Å². The van der Waals surface area contributed by atoms with Gasteiger partial charge in [0.2, 0.25) is 0 Å². The largest absolute Gasteiger partial charge is 0.326 e. The first-order chi connectivity index (χ1) is 9.67. The molecular weight excluding hydrogens is 338 g/mol. The van der Waals surface area contributed by atoms with Gasteiger partial charge in [0.05, 0.1) is 0 Å². The highest BCUT2D eigenvalue weighted by Gasteiger charge is 2.16. The van der Waals surface area contributed by atoms with E-state index in [2.05, 4.69) is 32.5 Å². The second-order valence-corrected chi connectivity index (χ2v) is 5.71. The summed E-state index contributed by atoms with van der Waals surface area (Å²) < 4.78 is 2.98. The number of hydrogen-bond donors (Lipinski definition) is 0. The molecule has 3 nitrogen and oxygen atoms in total. The Morgan fingerprint density at radius 1 is 1.25 bits per heavy atom. The van der Waals surface area contributed by atoms with E-state index in [1.807, 2.05) is 47.2 Å². The maximum Gasteiger partial charge on any atom is 0.162 e. The molecule has 0 saturated heterocycles. The van der Waals surface area contributed by atoms with E-state index in [0.29, 0.717) is 17.4 Å². The van der Waals surface area contributed by atoms with Crippen LogP contribution in [0.5, 0.6) is 0 Å². The van der Waals surface area contributed by atoms with Crippen LogP contribution in [0.1, 0.15) is 0 Å². The third-order valence-electron chi connectivity index (χ3n) is 2.92. The van der Waals surface area contributed by atoms with E-state index >= 15 is 0 Å². The van der Waals surface area contributed by atoms with E-state index in [1.54, 1.807) is 0 Å². The highest BCUT2D eigenvalue weighted by Crippen LogP contribution is 2.28. The van der Waals surface area contributed by atoms with Gasteiger partial charge in [-0.25, -0.2) is 9.97 Å². The van der Waals surface area contributed by atoms with Gasteiger partial charge in [-0.2, -0.15) is 0 Å². The number of aromatic nitrogens is 3. The van der Waals surface area contributed by atoms with Crippen molar-refractivity contribution in [3.8, 4) is 22.9 Å². The van der Waals surface area contributed by atoms with Crippen LogP contribution in [-0.4, -0.2) is 14.5 Å². The van der Waals surface area contributed by atoms with Gasteiger partial charge in [0.1, 0.15) is 5.69 Å². The third kappa shape index (κ3) is 2.49. The lowest BCUT2D eigenvalue weighted by atomic mass is 10.2. The molecular formula is C15H11BrClN3. The molecule has 0 atom stereocenters. The summed E-state index contributed by atoms with van der Waals surface area (Å²) in [6.07, 6.45) is 3.81. The number of benzene rings is 1. The van der Waals surface area contributed by atoms with Crippen LogP contribution >= 0.6 is 27.5 Å². The van der Waals surface area contributed by atoms with Crippen molar-refractivity contribution >= 4 is 27.5 Å². The Morgan fingerprint density at radius 2 is 2.00 bits per heavy atom. The lowest BCUT2D eigenvalue weighted by Gasteiger charge is -2.08. The average molecular weight is 349 g/mol. The van der Waals surface area contributed by atoms with Gasteiger partial charge in [-0.1, -0.05) is 17.7 Å². The van der Waals surface area contributed by atoms with Crippen LogP contribution in [0.15, 0.2) is 53.7 Å². The molecule has 100 valence electrons. The zero-order valence-electron chi connectivity index (χ0n) is 10.6. The summed E-state index contributed by atoms with van der Waals surface area (Å²) in [6.45, 7) is 4.46. The molecule has 0 radical (unpaired) electrons. The smallest absolute Gasteiger partial charge is 0.162 e. The van der Waals surface area contributed by atoms with Crippen molar-refractivity contribution in [1.82, 2.24) is 14.5 Å². The zero-order chi connectivity index (χ0) is 14.1. The second kappa shape index (κ2) is 5.38. The number of rotatable bonds is 3. The Balaban J connectivity index is 2.14. The normalized spacial score (nSPS) is 10.9. The predicted octanol–water partition coefficient (Wildman–Crippen LogP) is 4.65. The number of imidazole rings is 1. The summed E-state index contributed by atoms with van der Waals surface area (Å²) in [4.78, 5) is 9.19. The zero-order valence-corrected chi connectivity index (χ0v) is 12.9. The van der Waals surface area contributed by atoms with Gasteiger partial charge in [-0.15, -0.1) is 6.58 Å². The number of hydrogen-bond acceptors (Lipinski definition) is 2. The van der Waals surface area contributed by atoms with E-state index in [0.717, 1.165) is 21.6 Å². The maximum atomic E-state index is 5.90. The van der Waals surface area contributed by atoms with Gasteiger partial charge in [0.15, 0.2) is 11.6 Å². The topological polar surface area (TPSA) is 30.7 Å². The van der Waals surface area contributed by atoms with Crippen LogP contribution in [0.3, 0.4) is 0 Å². The molecule has 0 saturated carbocycles. The Morgan fingerprint density at radius 3 is 2.70 bits per heavy atom. The van der Waals surface area contributed by atoms with E-state index in [-0.39, 0.29) is 0 Å². The number of allylic oxidation sites excluding steroid dienone is 1. The van der Waals surface area contributed by atoms with Gasteiger partial charge >= 0.3 is 0 Å². The first kappa shape index (κ1) is 13.3. The third-order valence-corrected chi connectivity index (χ3v) is 3.61. The Kier molecular flexibility index (Phi) is 3.59. The van der Waals surface area contributed by atoms with Crippen LogP contribution in [-0.2, 0) is 6.54 Å². The summed E-state index contributed by atoms with van der Waals surface area (Å²) in [7, 11) is 0. The van der Waals surface area contributed by atoms with Crippen molar-refractivity contribution in [3.05, 3.63) is 58.7 Å². The summed E-state index contributed by atoms with van der Waals surface area (Å²) in [5.74, 6) is 1.55. The molecule has 0 aliphatic carbocycles. The molecule has 2 aliphatic heterocycles. The Bertz CT molecular complexity index is 734. The molecule has 2 aliphatic rings. The van der Waals surface area contributed by atoms with E-state index in [4.69, 9.17) is 11.6 Å². The number of halogens is 2. The summed E-state index contributed by atoms with van der Waals surface area (Å²) in [5, 5.41) is 0.703. The molecule has 5 heteroatoms. The van der Waals surface area contributed by atoms with Gasteiger partial charge in [0, 0.05) is 27.8 Å². The number of fused-ring (bicyclic) bond motifs is 1. The van der Waals surface area contributed by atoms with Crippen LogP contribution in [0, 0.1) is 0 Å². The highest BCUT2D eigenvalue weighted by atomic mass is 79.9. The van der Waals surface area contributed by atoms with Crippen molar-refractivity contribution in [2.45, 2.75) is 6.54 Å². The van der Waals surface area contributed by atoms with Crippen molar-refractivity contribution in [3.63, 3.8) is 0 Å². The Labute approximate surface area is 130 Å². The van der Waals surface area contributed by atoms with Crippen molar-refractivity contribution in [2.24, 2.45) is 0 Å². The first-order valence-corrected chi connectivity index (χ1v) is 7.25. The minimum Gasteiger partial charge on any atom is -0.326 e. The fourth-order valence-electron chi connectivity index (χ4n) is 2.04. The molecule has 0 N–H and O–H groups in total. The van der Waals surface area contributed by atoms with Gasteiger partial charge in [0.25, 0.3) is 0 Å². The molecule has 0 amide bonds. The molecule has 1 aromatic rings. The summed E-state index contributed by atoms with van der Waals surface area (Å²) >= 11 is 9.39. The van der Waals surface area contributed by atoms with Crippen molar-refractivity contribution in [2.75, 3.05) is 0 Å². The summed E-state index contributed by atoms with van der Waals surface area (Å²) in [6, 6.07) is 9.48. The molecule has 2 heterocycles. The van der Waals surface area contributed by atoms with Crippen molar-refractivity contribution < 1.29 is 0 Å². The molecule has 3 rings (SSSR count). The van der Waals surface area contributed by atoms with Crippen molar-refractivity contribution in [1.29, 1.82) is 0 Å². The van der Waals surface area contributed by atoms with E-state index < -0.39 is 0 Å². The monoisotopic (exact) mass is 347 g/mol. The number of pyridine rings is 1. The minimum atomic E-state index is 0.689. The average Bonchev–Trinajstić information content (AvgIpc) is 2.83. The van der Waals surface area contributed by atoms with Crippen LogP contribution in [0.4, 0.5) is 0 Å². The quantitative estimate of drug-likeness (QED) is 0.645. The maximum absolute atomic E-state index is 5.90. The second-order valence-electron chi connectivity index (χ2n) is 4.36. The lowest BCUT2D eigenvalue weighted by Crippen LogP contribution is -2.01. The Hall–Kier alpha value is -1.65. The fraction of sp³-hybridized carbons (Fsp3) is 0.0667. The minimum absolute atomic E-state index is 0.689. The van der Waals surface area contributed by atoms with Gasteiger partial charge < -0.3 is 4.57 Å². The molecule has 1 aromatic carbocycles. The van der Waals surface area contributed by atoms with E-state index in [9.17, 15) is 0 Å². The first-order valence-electron chi connectivity index (χ1n) is 6.07. The molecule has 0 fully saturated rings. The van der Waals surface area contributed by atoms with Crippen LogP contribution in [0.2, 0.25) is 5.02 Å². The van der Waals surface area contributed by atoms with Gasteiger partial charge in [-0.3, -0.25) is 0 Å². The molecule has 20 heavy (non-hydrogen) atoms. The van der Waals surface area contributed by atoms with Crippen LogP contribution in [0.25, 0.3) is 22.9 Å².